The summed E-state index contributed by atoms with van der Waals surface area (Å²) in [5.74, 6) is 1.04. The Kier molecular flexibility index (Phi) is 5.22. The molecule has 1 fully saturated rings. The summed E-state index contributed by atoms with van der Waals surface area (Å²) >= 11 is 0. The van der Waals surface area contributed by atoms with Gasteiger partial charge in [-0.2, -0.15) is 0 Å². The summed E-state index contributed by atoms with van der Waals surface area (Å²) in [7, 11) is 0. The number of hydrogen-bond acceptors (Lipinski definition) is 6. The molecule has 1 aliphatic rings. The van der Waals surface area contributed by atoms with E-state index in [0.29, 0.717) is 24.7 Å². The Hall–Kier alpha value is -3.87. The molecule has 0 aliphatic carbocycles. The van der Waals surface area contributed by atoms with Crippen LogP contribution in [-0.2, 0) is 0 Å². The van der Waals surface area contributed by atoms with Crippen molar-refractivity contribution in [3.63, 3.8) is 0 Å². The summed E-state index contributed by atoms with van der Waals surface area (Å²) < 4.78 is 5.33. The highest BCUT2D eigenvalue weighted by molar-refractivity contribution is 5.91. The van der Waals surface area contributed by atoms with Gasteiger partial charge < -0.3 is 9.32 Å². The van der Waals surface area contributed by atoms with E-state index >= 15 is 0 Å². The fourth-order valence-corrected chi connectivity index (χ4v) is 4.04. The molecule has 1 atom stereocenters. The number of rotatable bonds is 4. The van der Waals surface area contributed by atoms with Gasteiger partial charge in [0.25, 0.3) is 5.91 Å². The van der Waals surface area contributed by atoms with Gasteiger partial charge in [-0.05, 0) is 54.8 Å². The molecule has 0 unspecified atom stereocenters. The molecule has 1 aliphatic heterocycles. The number of pyridine rings is 2. The Morgan fingerprint density at radius 1 is 1.00 bits per heavy atom. The molecule has 0 radical (unpaired) electrons. The van der Waals surface area contributed by atoms with E-state index in [1.165, 1.54) is 6.26 Å². The lowest BCUT2D eigenvalue weighted by molar-refractivity contribution is 0.0674. The zero-order valence-corrected chi connectivity index (χ0v) is 16.9. The quantitative estimate of drug-likeness (QED) is 0.500. The second-order valence-corrected chi connectivity index (χ2v) is 7.53. The Labute approximate surface area is 179 Å². The van der Waals surface area contributed by atoms with Crippen molar-refractivity contribution in [2.45, 2.75) is 18.8 Å². The summed E-state index contributed by atoms with van der Waals surface area (Å²) in [5, 5.41) is 0. The van der Waals surface area contributed by atoms with Gasteiger partial charge in [0.2, 0.25) is 0 Å². The summed E-state index contributed by atoms with van der Waals surface area (Å²) in [6, 6.07) is 11.2. The molecule has 4 aromatic rings. The minimum Gasteiger partial charge on any atom is -0.459 e. The monoisotopic (exact) mass is 411 g/mol. The lowest BCUT2D eigenvalue weighted by atomic mass is 9.90. The van der Waals surface area contributed by atoms with Crippen molar-refractivity contribution in [2.24, 2.45) is 0 Å². The maximum absolute atomic E-state index is 12.9. The topological polar surface area (TPSA) is 85.0 Å². The first kappa shape index (κ1) is 19.1. The van der Waals surface area contributed by atoms with Crippen LogP contribution in [0.25, 0.3) is 22.5 Å². The van der Waals surface area contributed by atoms with Gasteiger partial charge in [-0.1, -0.05) is 0 Å². The smallest absolute Gasteiger partial charge is 0.289 e. The van der Waals surface area contributed by atoms with Crippen LogP contribution in [-0.4, -0.2) is 43.8 Å². The average molecular weight is 411 g/mol. The number of carbonyl (C=O) groups excluding carboxylic acids is 1. The van der Waals surface area contributed by atoms with Gasteiger partial charge in [0.05, 0.1) is 12.0 Å². The minimum atomic E-state index is -0.0800. The maximum atomic E-state index is 12.9. The number of aromatic nitrogens is 4. The molecule has 7 nitrogen and oxygen atoms in total. The molecule has 0 spiro atoms. The number of piperidine rings is 1. The predicted octanol–water partition coefficient (Wildman–Crippen LogP) is 4.21. The van der Waals surface area contributed by atoms with Crippen LogP contribution in [0.3, 0.4) is 0 Å². The zero-order chi connectivity index (χ0) is 21.0. The molecule has 0 bridgehead atoms. The standard InChI is InChI=1S/C24H21N5O2/c30-24(21-4-2-14-31-21)29-13-1-3-19(16-29)22-20(17-5-9-25-10-6-17)15-27-23(28-22)18-7-11-26-12-8-18/h2,4-12,14-15,19H,1,3,13,16H2/t19-/m1/s1. The number of carbonyl (C=O) groups is 1. The highest BCUT2D eigenvalue weighted by Gasteiger charge is 2.29. The van der Waals surface area contributed by atoms with Crippen LogP contribution in [0, 0.1) is 0 Å². The van der Waals surface area contributed by atoms with Crippen molar-refractivity contribution < 1.29 is 9.21 Å². The third kappa shape index (κ3) is 3.94. The molecule has 0 N–H and O–H groups in total. The molecule has 4 aromatic heterocycles. The molecular weight excluding hydrogens is 390 g/mol. The van der Waals surface area contributed by atoms with E-state index in [9.17, 15) is 4.79 Å². The van der Waals surface area contributed by atoms with Crippen molar-refractivity contribution in [1.29, 1.82) is 0 Å². The fraction of sp³-hybridized carbons (Fsp3) is 0.208. The largest absolute Gasteiger partial charge is 0.459 e. The van der Waals surface area contributed by atoms with Crippen LogP contribution >= 0.6 is 0 Å². The van der Waals surface area contributed by atoms with Gasteiger partial charge in [0, 0.05) is 61.1 Å². The van der Waals surface area contributed by atoms with Crippen molar-refractivity contribution >= 4 is 5.91 Å². The molecular formula is C24H21N5O2. The molecule has 5 heterocycles. The van der Waals surface area contributed by atoms with Crippen LogP contribution < -0.4 is 0 Å². The van der Waals surface area contributed by atoms with Crippen molar-refractivity contribution in [3.8, 4) is 22.5 Å². The van der Waals surface area contributed by atoms with Gasteiger partial charge in [0.1, 0.15) is 0 Å². The van der Waals surface area contributed by atoms with Crippen LogP contribution in [0.4, 0.5) is 0 Å². The van der Waals surface area contributed by atoms with Crippen molar-refractivity contribution in [3.05, 3.63) is 85.1 Å². The molecule has 31 heavy (non-hydrogen) atoms. The Morgan fingerprint density at radius 3 is 2.45 bits per heavy atom. The molecule has 154 valence electrons. The summed E-state index contributed by atoms with van der Waals surface area (Å²) in [6.07, 6.45) is 12.3. The summed E-state index contributed by atoms with van der Waals surface area (Å²) in [5.41, 5.74) is 3.85. The predicted molar refractivity (Wildman–Crippen MR) is 115 cm³/mol. The van der Waals surface area contributed by atoms with Crippen LogP contribution in [0.1, 0.15) is 35.0 Å². The Bertz CT molecular complexity index is 1160. The first-order chi connectivity index (χ1) is 15.3. The first-order valence-corrected chi connectivity index (χ1v) is 10.3. The Morgan fingerprint density at radius 2 is 1.74 bits per heavy atom. The van der Waals surface area contributed by atoms with Crippen molar-refractivity contribution in [1.82, 2.24) is 24.8 Å². The third-order valence-electron chi connectivity index (χ3n) is 5.58. The van der Waals surface area contributed by atoms with E-state index in [2.05, 4.69) is 15.0 Å². The van der Waals surface area contributed by atoms with Crippen molar-refractivity contribution in [2.75, 3.05) is 13.1 Å². The van der Waals surface area contributed by atoms with E-state index in [-0.39, 0.29) is 11.8 Å². The van der Waals surface area contributed by atoms with Crippen LogP contribution in [0.2, 0.25) is 0 Å². The van der Waals surface area contributed by atoms with E-state index < -0.39 is 0 Å². The molecule has 0 aromatic carbocycles. The van der Waals surface area contributed by atoms with E-state index in [1.807, 2.05) is 35.4 Å². The lowest BCUT2D eigenvalue weighted by Gasteiger charge is -2.33. The summed E-state index contributed by atoms with van der Waals surface area (Å²) in [4.78, 5) is 32.5. The van der Waals surface area contributed by atoms with Crippen LogP contribution in [0.5, 0.6) is 0 Å². The normalized spacial score (nSPS) is 16.3. The lowest BCUT2D eigenvalue weighted by Crippen LogP contribution is -2.39. The maximum Gasteiger partial charge on any atom is 0.289 e. The Balaban J connectivity index is 1.53. The molecule has 7 heteroatoms. The van der Waals surface area contributed by atoms with Gasteiger partial charge in [-0.25, -0.2) is 9.97 Å². The van der Waals surface area contributed by atoms with Gasteiger partial charge in [-0.3, -0.25) is 14.8 Å². The number of amides is 1. The SMILES string of the molecule is O=C(c1ccco1)N1CCC[C@@H](c2nc(-c3ccncc3)ncc2-c2ccncc2)C1. The van der Waals surface area contributed by atoms with E-state index in [1.54, 1.807) is 36.9 Å². The van der Waals surface area contributed by atoms with Gasteiger partial charge >= 0.3 is 0 Å². The average Bonchev–Trinajstić information content (AvgIpc) is 3.39. The fourth-order valence-electron chi connectivity index (χ4n) is 4.04. The highest BCUT2D eigenvalue weighted by atomic mass is 16.3. The number of likely N-dealkylation sites (tertiary alicyclic amines) is 1. The molecule has 1 saturated heterocycles. The number of furan rings is 1. The van der Waals surface area contributed by atoms with Gasteiger partial charge in [0.15, 0.2) is 11.6 Å². The highest BCUT2D eigenvalue weighted by Crippen LogP contribution is 2.34. The zero-order valence-electron chi connectivity index (χ0n) is 16.9. The number of nitrogens with zero attached hydrogens (tertiary/aromatic N) is 5. The van der Waals surface area contributed by atoms with Gasteiger partial charge in [-0.15, -0.1) is 0 Å². The van der Waals surface area contributed by atoms with E-state index in [4.69, 9.17) is 9.40 Å². The molecule has 0 saturated carbocycles. The molecule has 5 rings (SSSR count). The summed E-state index contributed by atoms with van der Waals surface area (Å²) in [6.45, 7) is 1.30. The molecule has 1 amide bonds. The minimum absolute atomic E-state index is 0.0800. The van der Waals surface area contributed by atoms with Crippen LogP contribution in [0.15, 0.2) is 78.1 Å². The third-order valence-corrected chi connectivity index (χ3v) is 5.58. The second-order valence-electron chi connectivity index (χ2n) is 7.53. The number of hydrogen-bond donors (Lipinski definition) is 0. The van der Waals surface area contributed by atoms with E-state index in [0.717, 1.165) is 35.2 Å². The first-order valence-electron chi connectivity index (χ1n) is 10.3. The second kappa shape index (κ2) is 8.47.